The monoisotopic (exact) mass is 357 g/mol. The smallest absolute Gasteiger partial charge is 0.243 e. The summed E-state index contributed by atoms with van der Waals surface area (Å²) in [5.41, 5.74) is 2.36. The van der Waals surface area contributed by atoms with E-state index in [0.717, 1.165) is 12.0 Å². The van der Waals surface area contributed by atoms with E-state index in [-0.39, 0.29) is 12.5 Å². The molecule has 1 heterocycles. The zero-order valence-electron chi connectivity index (χ0n) is 14.4. The van der Waals surface area contributed by atoms with E-state index in [9.17, 15) is 4.79 Å². The molecule has 7 heteroatoms. The number of tetrazole rings is 1. The Morgan fingerprint density at radius 2 is 2.12 bits per heavy atom. The Morgan fingerprint density at radius 1 is 1.28 bits per heavy atom. The first-order chi connectivity index (χ1) is 12.2. The van der Waals surface area contributed by atoms with Crippen LogP contribution in [0.25, 0.3) is 11.4 Å². The molecule has 1 aliphatic rings. The van der Waals surface area contributed by atoms with Crippen LogP contribution >= 0.6 is 11.8 Å². The number of hydrogen-bond acceptors (Lipinski definition) is 5. The number of nitrogens with zero attached hydrogens (tertiary/aromatic N) is 4. The van der Waals surface area contributed by atoms with Crippen molar-refractivity contribution in [1.29, 1.82) is 0 Å². The van der Waals surface area contributed by atoms with E-state index in [4.69, 9.17) is 0 Å². The molecular weight excluding hydrogens is 334 g/mol. The number of nitrogens with one attached hydrogen (secondary N) is 1. The van der Waals surface area contributed by atoms with Gasteiger partial charge in [-0.15, -0.1) is 22.0 Å². The molecule has 1 aromatic heterocycles. The van der Waals surface area contributed by atoms with Gasteiger partial charge in [-0.3, -0.25) is 4.79 Å². The minimum Gasteiger partial charge on any atom is -0.354 e. The van der Waals surface area contributed by atoms with Gasteiger partial charge >= 0.3 is 0 Å². The molecule has 2 aromatic rings. The number of thioether (sulfide) groups is 1. The van der Waals surface area contributed by atoms with Crippen LogP contribution in [0.5, 0.6) is 0 Å². The van der Waals surface area contributed by atoms with Gasteiger partial charge in [-0.05, 0) is 67.8 Å². The van der Waals surface area contributed by atoms with Crippen LogP contribution in [0, 0.1) is 0 Å². The Morgan fingerprint density at radius 3 is 2.84 bits per heavy atom. The van der Waals surface area contributed by atoms with Crippen LogP contribution in [-0.2, 0) is 11.3 Å². The molecule has 0 atom stereocenters. The van der Waals surface area contributed by atoms with Crippen LogP contribution in [0.3, 0.4) is 0 Å². The molecule has 1 aliphatic carbocycles. The zero-order chi connectivity index (χ0) is 17.5. The van der Waals surface area contributed by atoms with E-state index in [1.807, 2.05) is 30.5 Å². The second-order valence-corrected chi connectivity index (χ2v) is 6.96. The molecule has 0 aliphatic heterocycles. The van der Waals surface area contributed by atoms with Crippen LogP contribution in [-0.4, -0.2) is 38.9 Å². The van der Waals surface area contributed by atoms with Crippen molar-refractivity contribution in [2.45, 2.75) is 43.5 Å². The number of aromatic nitrogens is 4. The molecule has 1 aromatic carbocycles. The van der Waals surface area contributed by atoms with Crippen LogP contribution in [0.4, 0.5) is 0 Å². The molecule has 0 saturated heterocycles. The van der Waals surface area contributed by atoms with Crippen molar-refractivity contribution in [3.05, 3.63) is 35.9 Å². The fourth-order valence-electron chi connectivity index (χ4n) is 2.84. The van der Waals surface area contributed by atoms with Gasteiger partial charge in [0.2, 0.25) is 11.7 Å². The van der Waals surface area contributed by atoms with Crippen LogP contribution in [0.15, 0.2) is 40.8 Å². The highest BCUT2D eigenvalue weighted by Crippen LogP contribution is 2.20. The second-order valence-electron chi connectivity index (χ2n) is 6.08. The summed E-state index contributed by atoms with van der Waals surface area (Å²) in [7, 11) is 0. The van der Waals surface area contributed by atoms with Gasteiger partial charge in [-0.2, -0.15) is 4.80 Å². The summed E-state index contributed by atoms with van der Waals surface area (Å²) in [6, 6.07) is 7.97. The molecule has 0 saturated carbocycles. The Labute approximate surface area is 152 Å². The van der Waals surface area contributed by atoms with Crippen LogP contribution < -0.4 is 5.32 Å². The summed E-state index contributed by atoms with van der Waals surface area (Å²) < 4.78 is 0. The molecule has 0 unspecified atom stereocenters. The molecule has 3 rings (SSSR count). The van der Waals surface area contributed by atoms with E-state index in [1.54, 1.807) is 11.8 Å². The van der Waals surface area contributed by atoms with Crippen molar-refractivity contribution in [1.82, 2.24) is 25.5 Å². The minimum atomic E-state index is -0.0851. The van der Waals surface area contributed by atoms with Gasteiger partial charge < -0.3 is 5.32 Å². The van der Waals surface area contributed by atoms with Crippen molar-refractivity contribution >= 4 is 17.7 Å². The predicted octanol–water partition coefficient (Wildman–Crippen LogP) is 3.07. The maximum absolute atomic E-state index is 12.0. The summed E-state index contributed by atoms with van der Waals surface area (Å²) in [5, 5.41) is 15.2. The number of hydrogen-bond donors (Lipinski definition) is 1. The van der Waals surface area contributed by atoms with Gasteiger partial charge in [0.1, 0.15) is 6.54 Å². The topological polar surface area (TPSA) is 72.7 Å². The first-order valence-electron chi connectivity index (χ1n) is 8.61. The number of benzene rings is 1. The lowest BCUT2D eigenvalue weighted by Crippen LogP contribution is -2.29. The van der Waals surface area contributed by atoms with Crippen molar-refractivity contribution < 1.29 is 4.79 Å². The molecule has 1 N–H and O–H groups in total. The van der Waals surface area contributed by atoms with Crippen LogP contribution in [0.1, 0.15) is 32.1 Å². The molecule has 25 heavy (non-hydrogen) atoms. The fraction of sp³-hybridized carbons (Fsp3) is 0.444. The average molecular weight is 357 g/mol. The third-order valence-corrected chi connectivity index (χ3v) is 4.98. The summed E-state index contributed by atoms with van der Waals surface area (Å²) in [4.78, 5) is 14.5. The maximum atomic E-state index is 12.0. The Kier molecular flexibility index (Phi) is 6.22. The van der Waals surface area contributed by atoms with Crippen molar-refractivity contribution in [2.75, 3.05) is 12.8 Å². The lowest BCUT2D eigenvalue weighted by atomic mass is 9.97. The van der Waals surface area contributed by atoms with Crippen molar-refractivity contribution in [3.8, 4) is 11.4 Å². The standard InChI is InChI=1S/C18H23N5OS/c1-25-16-9-7-15(8-10-16)18-20-22-23(21-18)13-17(24)19-12-11-14-5-3-2-4-6-14/h5,7-10H,2-4,6,11-13H2,1H3,(H,19,24). The van der Waals surface area contributed by atoms with Crippen molar-refractivity contribution in [3.63, 3.8) is 0 Å². The average Bonchev–Trinajstić information content (AvgIpc) is 3.11. The molecule has 0 bridgehead atoms. The van der Waals surface area contributed by atoms with E-state index in [0.29, 0.717) is 12.4 Å². The first kappa shape index (κ1) is 17.7. The summed E-state index contributed by atoms with van der Waals surface area (Å²) >= 11 is 1.69. The number of amides is 1. The maximum Gasteiger partial charge on any atom is 0.243 e. The van der Waals surface area contributed by atoms with E-state index >= 15 is 0 Å². The van der Waals surface area contributed by atoms with Gasteiger partial charge in [-0.25, -0.2) is 0 Å². The first-order valence-corrected chi connectivity index (χ1v) is 9.84. The number of rotatable bonds is 7. The molecule has 0 fully saturated rings. The zero-order valence-corrected chi connectivity index (χ0v) is 15.3. The van der Waals surface area contributed by atoms with Gasteiger partial charge in [0.05, 0.1) is 0 Å². The van der Waals surface area contributed by atoms with E-state index in [2.05, 4.69) is 26.8 Å². The molecule has 0 spiro atoms. The Bertz CT molecular complexity index is 738. The van der Waals surface area contributed by atoms with Gasteiger partial charge in [0.25, 0.3) is 0 Å². The van der Waals surface area contributed by atoms with Gasteiger partial charge in [0, 0.05) is 17.0 Å². The highest BCUT2D eigenvalue weighted by molar-refractivity contribution is 7.98. The van der Waals surface area contributed by atoms with E-state index < -0.39 is 0 Å². The third kappa shape index (κ3) is 5.16. The second kappa shape index (κ2) is 8.80. The van der Waals surface area contributed by atoms with Crippen molar-refractivity contribution in [2.24, 2.45) is 0 Å². The predicted molar refractivity (Wildman–Crippen MR) is 99.2 cm³/mol. The SMILES string of the molecule is CSc1ccc(-c2nnn(CC(=O)NCCC3=CCCCC3)n2)cc1. The Balaban J connectivity index is 1.48. The highest BCUT2D eigenvalue weighted by Gasteiger charge is 2.10. The lowest BCUT2D eigenvalue weighted by Gasteiger charge is -2.12. The Hall–Kier alpha value is -2.15. The lowest BCUT2D eigenvalue weighted by molar-refractivity contribution is -0.122. The number of carbonyl (C=O) groups excluding carboxylic acids is 1. The fourth-order valence-corrected chi connectivity index (χ4v) is 3.25. The quantitative estimate of drug-likeness (QED) is 0.609. The number of carbonyl (C=O) groups is 1. The van der Waals surface area contributed by atoms with Gasteiger partial charge in [0.15, 0.2) is 0 Å². The summed E-state index contributed by atoms with van der Waals surface area (Å²) in [6.45, 7) is 0.761. The highest BCUT2D eigenvalue weighted by atomic mass is 32.2. The van der Waals surface area contributed by atoms with Gasteiger partial charge in [-0.1, -0.05) is 11.6 Å². The van der Waals surface area contributed by atoms with E-state index in [1.165, 1.54) is 40.9 Å². The molecule has 132 valence electrons. The normalized spacial score (nSPS) is 14.2. The third-order valence-electron chi connectivity index (χ3n) is 4.24. The molecular formula is C18H23N5OS. The summed E-state index contributed by atoms with van der Waals surface area (Å²) in [6.07, 6.45) is 10.2. The molecule has 6 nitrogen and oxygen atoms in total. The minimum absolute atomic E-state index is 0.0851. The summed E-state index contributed by atoms with van der Waals surface area (Å²) in [5.74, 6) is 0.450. The number of allylic oxidation sites excluding steroid dienone is 1. The molecule has 0 radical (unpaired) electrons. The molecule has 1 amide bonds. The van der Waals surface area contributed by atoms with Crippen LogP contribution in [0.2, 0.25) is 0 Å². The largest absolute Gasteiger partial charge is 0.354 e.